The normalized spacial score (nSPS) is 13.3. The second-order valence-corrected chi connectivity index (χ2v) is 13.0. The highest BCUT2D eigenvalue weighted by Gasteiger charge is 2.31. The minimum absolute atomic E-state index is 0.0146. The summed E-state index contributed by atoms with van der Waals surface area (Å²) in [4.78, 5) is 21.8. The van der Waals surface area contributed by atoms with Gasteiger partial charge >= 0.3 is 6.09 Å². The zero-order chi connectivity index (χ0) is 29.4. The van der Waals surface area contributed by atoms with E-state index in [0.717, 1.165) is 16.0 Å². The third kappa shape index (κ3) is 8.46. The summed E-state index contributed by atoms with van der Waals surface area (Å²) in [5.41, 5.74) is 3.85. The summed E-state index contributed by atoms with van der Waals surface area (Å²) < 4.78 is 39.4. The average molecular weight is 599 g/mol. The third-order valence-electron chi connectivity index (χ3n) is 6.26. The van der Waals surface area contributed by atoms with Crippen LogP contribution in [0.4, 0.5) is 4.79 Å². The lowest BCUT2D eigenvalue weighted by molar-refractivity contribution is 0.0876. The first-order chi connectivity index (χ1) is 19.6. The number of aliphatic hydroxyl groups excluding tert-OH is 1. The molecule has 2 atom stereocenters. The quantitative estimate of drug-likeness (QED) is 0.227. The van der Waals surface area contributed by atoms with Gasteiger partial charge in [0.1, 0.15) is 18.6 Å². The Morgan fingerprint density at radius 3 is 2.46 bits per heavy atom. The van der Waals surface area contributed by atoms with Crippen molar-refractivity contribution in [3.8, 4) is 11.3 Å². The zero-order valence-corrected chi connectivity index (χ0v) is 24.8. The van der Waals surface area contributed by atoms with Gasteiger partial charge in [-0.25, -0.2) is 18.2 Å². The van der Waals surface area contributed by atoms with Crippen LogP contribution in [0.3, 0.4) is 0 Å². The molecule has 0 aliphatic heterocycles. The van der Waals surface area contributed by atoms with E-state index in [9.17, 15) is 18.3 Å². The number of oxazole rings is 1. The van der Waals surface area contributed by atoms with Gasteiger partial charge in [-0.3, -0.25) is 4.98 Å². The molecule has 2 heterocycles. The van der Waals surface area contributed by atoms with Gasteiger partial charge in [0, 0.05) is 31.8 Å². The molecule has 0 radical (unpaired) electrons. The number of nitrogens with one attached hydrogen (secondary N) is 1. The molecular formula is C29H34N4O6S2. The van der Waals surface area contributed by atoms with Crippen molar-refractivity contribution in [3.05, 3.63) is 88.9 Å². The van der Waals surface area contributed by atoms with Gasteiger partial charge in [-0.1, -0.05) is 56.3 Å². The number of amides is 1. The van der Waals surface area contributed by atoms with Gasteiger partial charge in [-0.15, -0.1) is 11.3 Å². The molecule has 4 aromatic rings. The second-order valence-electron chi connectivity index (χ2n) is 10.0. The molecule has 2 aromatic heterocycles. The van der Waals surface area contributed by atoms with E-state index < -0.39 is 28.3 Å². The van der Waals surface area contributed by atoms with E-state index in [-0.39, 0.29) is 36.9 Å². The van der Waals surface area contributed by atoms with Gasteiger partial charge in [-0.05, 0) is 30.0 Å². The van der Waals surface area contributed by atoms with E-state index in [2.05, 4.69) is 15.3 Å². The van der Waals surface area contributed by atoms with Crippen LogP contribution >= 0.6 is 11.3 Å². The summed E-state index contributed by atoms with van der Waals surface area (Å²) in [6.07, 6.45) is 1.47. The fourth-order valence-electron chi connectivity index (χ4n) is 4.25. The Kier molecular flexibility index (Phi) is 10.3. The van der Waals surface area contributed by atoms with Gasteiger partial charge in [0.2, 0.25) is 10.0 Å². The molecule has 2 aromatic carbocycles. The van der Waals surface area contributed by atoms with Gasteiger partial charge < -0.3 is 19.6 Å². The van der Waals surface area contributed by atoms with Crippen molar-refractivity contribution >= 4 is 27.5 Å². The molecule has 0 saturated heterocycles. The van der Waals surface area contributed by atoms with Crippen LogP contribution in [0.15, 0.2) is 81.9 Å². The highest BCUT2D eigenvalue weighted by molar-refractivity contribution is 7.89. The Labute approximate surface area is 244 Å². The van der Waals surface area contributed by atoms with Crippen LogP contribution in [0, 0.1) is 12.8 Å². The molecule has 0 bridgehead atoms. The SMILES string of the molecule is Cc1nc(-c2ccc(S(=O)(=O)N(CC(C)C)CC(O)C(Cc3ccccc3)NC(=O)OCc3cncs3)cc2)co1. The number of thiazole rings is 1. The minimum Gasteiger partial charge on any atom is -0.449 e. The van der Waals surface area contributed by atoms with E-state index in [1.54, 1.807) is 30.8 Å². The number of carbonyl (C=O) groups excluding carboxylic acids is 1. The van der Waals surface area contributed by atoms with Crippen LogP contribution < -0.4 is 5.32 Å². The first-order valence-electron chi connectivity index (χ1n) is 13.2. The van der Waals surface area contributed by atoms with Gasteiger partial charge in [0.15, 0.2) is 5.89 Å². The van der Waals surface area contributed by atoms with Crippen molar-refractivity contribution in [1.82, 2.24) is 19.6 Å². The van der Waals surface area contributed by atoms with Crippen molar-refractivity contribution in [1.29, 1.82) is 0 Å². The Balaban J connectivity index is 1.52. The number of rotatable bonds is 13. The maximum atomic E-state index is 13.8. The summed E-state index contributed by atoms with van der Waals surface area (Å²) >= 11 is 1.36. The summed E-state index contributed by atoms with van der Waals surface area (Å²) in [6.45, 7) is 5.54. The van der Waals surface area contributed by atoms with Gasteiger partial charge in [0.25, 0.3) is 0 Å². The number of hydrogen-bond acceptors (Lipinski definition) is 9. The summed E-state index contributed by atoms with van der Waals surface area (Å²) in [6, 6.07) is 14.9. The molecule has 41 heavy (non-hydrogen) atoms. The van der Waals surface area contributed by atoms with Crippen LogP contribution in [-0.4, -0.2) is 59.1 Å². The summed E-state index contributed by atoms with van der Waals surface area (Å²) in [5, 5.41) is 14.1. The molecule has 10 nitrogen and oxygen atoms in total. The number of sulfonamides is 1. The lowest BCUT2D eigenvalue weighted by atomic mass is 10.0. The Morgan fingerprint density at radius 1 is 1.12 bits per heavy atom. The van der Waals surface area contributed by atoms with Crippen LogP contribution in [-0.2, 0) is 27.8 Å². The number of benzene rings is 2. The molecule has 1 amide bonds. The largest absolute Gasteiger partial charge is 0.449 e. The fourth-order valence-corrected chi connectivity index (χ4v) is 6.38. The maximum Gasteiger partial charge on any atom is 0.407 e. The Hall–Kier alpha value is -3.58. The number of aryl methyl sites for hydroxylation is 1. The predicted molar refractivity (Wildman–Crippen MR) is 156 cm³/mol. The van der Waals surface area contributed by atoms with Crippen LogP contribution in [0.25, 0.3) is 11.3 Å². The molecule has 218 valence electrons. The number of aromatic nitrogens is 2. The van der Waals surface area contributed by atoms with E-state index in [1.807, 2.05) is 44.2 Å². The molecule has 4 rings (SSSR count). The van der Waals surface area contributed by atoms with Gasteiger partial charge in [0.05, 0.1) is 27.4 Å². The van der Waals surface area contributed by atoms with Crippen molar-refractivity contribution in [3.63, 3.8) is 0 Å². The summed E-state index contributed by atoms with van der Waals surface area (Å²) in [5.74, 6) is 0.499. The molecule has 2 N–H and O–H groups in total. The smallest absolute Gasteiger partial charge is 0.407 e. The Bertz CT molecular complexity index is 1490. The van der Waals surface area contributed by atoms with Crippen molar-refractivity contribution in [2.24, 2.45) is 5.92 Å². The van der Waals surface area contributed by atoms with E-state index in [0.29, 0.717) is 11.6 Å². The molecule has 0 fully saturated rings. The number of nitrogens with zero attached hydrogens (tertiary/aromatic N) is 3. The Morgan fingerprint density at radius 2 is 1.85 bits per heavy atom. The fraction of sp³-hybridized carbons (Fsp3) is 0.345. The van der Waals surface area contributed by atoms with Crippen molar-refractivity contribution in [2.45, 2.75) is 50.8 Å². The molecule has 0 saturated carbocycles. The lowest BCUT2D eigenvalue weighted by Gasteiger charge is -2.30. The lowest BCUT2D eigenvalue weighted by Crippen LogP contribution is -2.51. The van der Waals surface area contributed by atoms with Crippen LogP contribution in [0.5, 0.6) is 0 Å². The zero-order valence-electron chi connectivity index (χ0n) is 23.1. The minimum atomic E-state index is -3.98. The number of carbonyl (C=O) groups is 1. The molecule has 0 aliphatic carbocycles. The molecule has 12 heteroatoms. The average Bonchev–Trinajstić information content (AvgIpc) is 3.63. The highest BCUT2D eigenvalue weighted by atomic mass is 32.2. The third-order valence-corrected chi connectivity index (χ3v) is 8.86. The second kappa shape index (κ2) is 13.9. The predicted octanol–water partition coefficient (Wildman–Crippen LogP) is 4.65. The molecule has 0 spiro atoms. The summed E-state index contributed by atoms with van der Waals surface area (Å²) in [7, 11) is -3.98. The van der Waals surface area contributed by atoms with E-state index in [1.165, 1.54) is 34.0 Å². The highest BCUT2D eigenvalue weighted by Crippen LogP contribution is 2.24. The molecule has 2 unspecified atom stereocenters. The van der Waals surface area contributed by atoms with Crippen LogP contribution in [0.1, 0.15) is 30.2 Å². The van der Waals surface area contributed by atoms with Crippen molar-refractivity contribution in [2.75, 3.05) is 13.1 Å². The first-order valence-corrected chi connectivity index (χ1v) is 15.5. The number of hydrogen-bond donors (Lipinski definition) is 2. The number of aliphatic hydroxyl groups is 1. The standard InChI is InChI=1S/C29H34N4O6S2/c1-20(2)15-33(41(36,37)25-11-9-23(10-12-25)27-18-38-21(3)31-27)16-28(34)26(13-22-7-5-4-6-8-22)32-29(35)39-17-24-14-30-19-40-24/h4-12,14,18-20,26,28,34H,13,15-17H2,1-3H3,(H,32,35). The first kappa shape index (κ1) is 30.4. The van der Waals surface area contributed by atoms with E-state index >= 15 is 0 Å². The van der Waals surface area contributed by atoms with Crippen molar-refractivity contribution < 1.29 is 27.5 Å². The van der Waals surface area contributed by atoms with E-state index in [4.69, 9.17) is 9.15 Å². The number of ether oxygens (including phenoxy) is 1. The topological polar surface area (TPSA) is 135 Å². The molecular weight excluding hydrogens is 564 g/mol. The van der Waals surface area contributed by atoms with Crippen LogP contribution in [0.2, 0.25) is 0 Å². The molecule has 0 aliphatic rings. The maximum absolute atomic E-state index is 13.8. The van der Waals surface area contributed by atoms with Gasteiger partial charge in [-0.2, -0.15) is 4.31 Å². The monoisotopic (exact) mass is 598 g/mol. The number of alkyl carbamates (subject to hydrolysis) is 1.